The van der Waals surface area contributed by atoms with Crippen molar-refractivity contribution in [3.05, 3.63) is 23.3 Å². The molecule has 1 amide bonds. The highest BCUT2D eigenvalue weighted by Crippen LogP contribution is 2.30. The predicted molar refractivity (Wildman–Crippen MR) is 66.8 cm³/mol. The van der Waals surface area contributed by atoms with Crippen molar-refractivity contribution >= 4 is 17.9 Å². The van der Waals surface area contributed by atoms with Crippen LogP contribution in [0.3, 0.4) is 0 Å². The zero-order chi connectivity index (χ0) is 12.1. The average Bonchev–Trinajstić information content (AvgIpc) is 2.26. The monoisotopic (exact) mass is 239 g/mol. The summed E-state index contributed by atoms with van der Waals surface area (Å²) in [5, 5.41) is 0. The highest BCUT2D eigenvalue weighted by atomic mass is 32.2. The second-order valence-corrected chi connectivity index (χ2v) is 4.33. The Kier molecular flexibility index (Phi) is 4.68. The molecule has 1 rings (SSSR count). The van der Waals surface area contributed by atoms with Crippen molar-refractivity contribution in [2.75, 3.05) is 7.11 Å². The van der Waals surface area contributed by atoms with Gasteiger partial charge in [0.1, 0.15) is 5.75 Å². The van der Waals surface area contributed by atoms with E-state index in [0.717, 1.165) is 22.6 Å². The number of ether oxygens (including phenoxy) is 1. The number of carbonyl (C=O) groups excluding carboxylic acids is 1. The maximum Gasteiger partial charge on any atom is 0.226 e. The lowest BCUT2D eigenvalue weighted by atomic mass is 10.1. The normalized spacial score (nSPS) is 10.0. The SMILES string of the molecule is CCc1c(SNC(C)=O)ccc(OC)c1C. The van der Waals surface area contributed by atoms with Gasteiger partial charge in [0.15, 0.2) is 0 Å². The van der Waals surface area contributed by atoms with Crippen LogP contribution in [0.15, 0.2) is 17.0 Å². The number of amides is 1. The first-order valence-corrected chi connectivity index (χ1v) is 6.01. The average molecular weight is 239 g/mol. The minimum Gasteiger partial charge on any atom is -0.496 e. The van der Waals surface area contributed by atoms with Gasteiger partial charge in [-0.15, -0.1) is 0 Å². The molecule has 4 heteroatoms. The molecule has 1 aromatic rings. The van der Waals surface area contributed by atoms with Crippen LogP contribution in [0.4, 0.5) is 0 Å². The molecule has 0 radical (unpaired) electrons. The summed E-state index contributed by atoms with van der Waals surface area (Å²) >= 11 is 1.36. The molecule has 0 saturated carbocycles. The van der Waals surface area contributed by atoms with Crippen LogP contribution < -0.4 is 9.46 Å². The number of rotatable bonds is 4. The molecular formula is C12H17NO2S. The molecule has 0 atom stereocenters. The molecule has 88 valence electrons. The first-order valence-electron chi connectivity index (χ1n) is 5.20. The first-order chi connectivity index (χ1) is 7.60. The molecule has 1 aromatic carbocycles. The van der Waals surface area contributed by atoms with E-state index in [0.29, 0.717) is 0 Å². The van der Waals surface area contributed by atoms with Gasteiger partial charge in [0, 0.05) is 11.8 Å². The summed E-state index contributed by atoms with van der Waals surface area (Å²) in [6.45, 7) is 5.64. The quantitative estimate of drug-likeness (QED) is 0.821. The second-order valence-electron chi connectivity index (χ2n) is 3.48. The third kappa shape index (κ3) is 2.92. The van der Waals surface area contributed by atoms with Crippen LogP contribution >= 0.6 is 11.9 Å². The third-order valence-corrected chi connectivity index (χ3v) is 3.38. The zero-order valence-corrected chi connectivity index (χ0v) is 10.9. The van der Waals surface area contributed by atoms with Gasteiger partial charge in [-0.05, 0) is 48.6 Å². The minimum absolute atomic E-state index is 0.0412. The van der Waals surface area contributed by atoms with Crippen molar-refractivity contribution in [1.82, 2.24) is 4.72 Å². The molecule has 0 bridgehead atoms. The first kappa shape index (κ1) is 12.9. The molecule has 3 nitrogen and oxygen atoms in total. The van der Waals surface area contributed by atoms with Gasteiger partial charge >= 0.3 is 0 Å². The Morgan fingerprint density at radius 2 is 2.19 bits per heavy atom. The number of carbonyl (C=O) groups is 1. The van der Waals surface area contributed by atoms with Gasteiger partial charge in [-0.3, -0.25) is 9.52 Å². The van der Waals surface area contributed by atoms with Crippen LogP contribution in [0.1, 0.15) is 25.0 Å². The maximum atomic E-state index is 10.9. The molecule has 1 N–H and O–H groups in total. The highest BCUT2D eigenvalue weighted by molar-refractivity contribution is 7.98. The Balaban J connectivity index is 3.01. The molecule has 0 heterocycles. The Morgan fingerprint density at radius 3 is 2.69 bits per heavy atom. The van der Waals surface area contributed by atoms with Gasteiger partial charge in [-0.1, -0.05) is 6.92 Å². The van der Waals surface area contributed by atoms with E-state index in [1.54, 1.807) is 7.11 Å². The summed E-state index contributed by atoms with van der Waals surface area (Å²) in [6.07, 6.45) is 0.922. The Morgan fingerprint density at radius 1 is 1.50 bits per heavy atom. The summed E-state index contributed by atoms with van der Waals surface area (Å²) in [5.41, 5.74) is 2.36. The zero-order valence-electron chi connectivity index (χ0n) is 10.1. The molecule has 0 spiro atoms. The smallest absolute Gasteiger partial charge is 0.226 e. The van der Waals surface area contributed by atoms with Crippen LogP contribution in [-0.4, -0.2) is 13.0 Å². The standard InChI is InChI=1S/C12H17NO2S/c1-5-10-8(2)11(15-4)6-7-12(10)16-13-9(3)14/h6-7H,5H2,1-4H3,(H,13,14). The molecule has 0 aliphatic heterocycles. The fourth-order valence-electron chi connectivity index (χ4n) is 1.59. The van der Waals surface area contributed by atoms with Crippen LogP contribution in [0.5, 0.6) is 5.75 Å². The van der Waals surface area contributed by atoms with Crippen molar-refractivity contribution in [2.45, 2.75) is 32.1 Å². The maximum absolute atomic E-state index is 10.9. The van der Waals surface area contributed by atoms with Crippen LogP contribution in [-0.2, 0) is 11.2 Å². The van der Waals surface area contributed by atoms with E-state index >= 15 is 0 Å². The molecule has 0 aliphatic rings. The third-order valence-electron chi connectivity index (χ3n) is 2.38. The highest BCUT2D eigenvalue weighted by Gasteiger charge is 2.09. The van der Waals surface area contributed by atoms with Crippen molar-refractivity contribution in [3.8, 4) is 5.75 Å². The predicted octanol–water partition coefficient (Wildman–Crippen LogP) is 2.71. The largest absolute Gasteiger partial charge is 0.496 e. The van der Waals surface area contributed by atoms with E-state index in [-0.39, 0.29) is 5.91 Å². The molecular weight excluding hydrogens is 222 g/mol. The summed E-state index contributed by atoms with van der Waals surface area (Å²) in [6, 6.07) is 3.91. The minimum atomic E-state index is -0.0412. The van der Waals surface area contributed by atoms with Crippen molar-refractivity contribution in [1.29, 1.82) is 0 Å². The van der Waals surface area contributed by atoms with Crippen molar-refractivity contribution in [2.24, 2.45) is 0 Å². The van der Waals surface area contributed by atoms with Crippen LogP contribution in [0.2, 0.25) is 0 Å². The van der Waals surface area contributed by atoms with E-state index < -0.39 is 0 Å². The van der Waals surface area contributed by atoms with E-state index in [2.05, 4.69) is 11.6 Å². The van der Waals surface area contributed by atoms with E-state index in [1.165, 1.54) is 24.4 Å². The second kappa shape index (κ2) is 5.80. The number of hydrogen-bond acceptors (Lipinski definition) is 3. The van der Waals surface area contributed by atoms with Crippen molar-refractivity contribution < 1.29 is 9.53 Å². The summed E-state index contributed by atoms with van der Waals surface area (Å²) in [7, 11) is 1.67. The van der Waals surface area contributed by atoms with Crippen molar-refractivity contribution in [3.63, 3.8) is 0 Å². The molecule has 0 fully saturated rings. The molecule has 0 aromatic heterocycles. The number of nitrogens with one attached hydrogen (secondary N) is 1. The van der Waals surface area contributed by atoms with E-state index in [1.807, 2.05) is 19.1 Å². The van der Waals surface area contributed by atoms with Crippen LogP contribution in [0.25, 0.3) is 0 Å². The van der Waals surface area contributed by atoms with E-state index in [9.17, 15) is 4.79 Å². The van der Waals surface area contributed by atoms with Gasteiger partial charge in [0.2, 0.25) is 5.91 Å². The molecule has 0 saturated heterocycles. The molecule has 16 heavy (non-hydrogen) atoms. The van der Waals surface area contributed by atoms with Gasteiger partial charge in [-0.25, -0.2) is 0 Å². The molecule has 0 unspecified atom stereocenters. The summed E-state index contributed by atoms with van der Waals surface area (Å²) in [4.78, 5) is 11.9. The Hall–Kier alpha value is -1.16. The lowest BCUT2D eigenvalue weighted by Gasteiger charge is -2.13. The van der Waals surface area contributed by atoms with Crippen LogP contribution in [0, 0.1) is 6.92 Å². The Labute approximate surface area is 101 Å². The lowest BCUT2D eigenvalue weighted by molar-refractivity contribution is -0.117. The summed E-state index contributed by atoms with van der Waals surface area (Å²) < 4.78 is 8.01. The lowest BCUT2D eigenvalue weighted by Crippen LogP contribution is -2.10. The Bertz CT molecular complexity index is 391. The van der Waals surface area contributed by atoms with Gasteiger partial charge in [-0.2, -0.15) is 0 Å². The number of benzene rings is 1. The number of hydrogen-bond donors (Lipinski definition) is 1. The number of methoxy groups -OCH3 is 1. The van der Waals surface area contributed by atoms with Gasteiger partial charge in [0.25, 0.3) is 0 Å². The summed E-state index contributed by atoms with van der Waals surface area (Å²) in [5.74, 6) is 0.851. The van der Waals surface area contributed by atoms with E-state index in [4.69, 9.17) is 4.74 Å². The van der Waals surface area contributed by atoms with Gasteiger partial charge in [0.05, 0.1) is 7.11 Å². The topological polar surface area (TPSA) is 38.3 Å². The fraction of sp³-hybridized carbons (Fsp3) is 0.417. The van der Waals surface area contributed by atoms with Gasteiger partial charge < -0.3 is 4.74 Å². The molecule has 0 aliphatic carbocycles. The fourth-order valence-corrected chi connectivity index (χ4v) is 2.40.